The predicted molar refractivity (Wildman–Crippen MR) is 74.5 cm³/mol. The number of amides is 1. The lowest BCUT2D eigenvalue weighted by Crippen LogP contribution is -2.40. The standard InChI is InChI=1S/C11H12BrFN2O3S/c1-19(17,18)3-2-8-11(16)15-10-5-7(13)6(12)4-9(10)14-8/h4-5,8,14H,2-3H2,1H3,(H,15,16). The molecule has 0 saturated heterocycles. The van der Waals surface area contributed by atoms with Gasteiger partial charge in [-0.2, -0.15) is 0 Å². The Bertz CT molecular complexity index is 633. The normalized spacial score (nSPS) is 18.5. The fourth-order valence-electron chi connectivity index (χ4n) is 1.78. The molecule has 0 bridgehead atoms. The third-order valence-electron chi connectivity index (χ3n) is 2.74. The second kappa shape index (κ2) is 5.09. The first kappa shape index (κ1) is 14.3. The van der Waals surface area contributed by atoms with Gasteiger partial charge in [-0.05, 0) is 28.4 Å². The number of hydrogen-bond acceptors (Lipinski definition) is 4. The maximum Gasteiger partial charge on any atom is 0.246 e. The minimum absolute atomic E-state index is 0.0875. The quantitative estimate of drug-likeness (QED) is 0.870. The number of benzene rings is 1. The zero-order valence-corrected chi connectivity index (χ0v) is 12.4. The summed E-state index contributed by atoms with van der Waals surface area (Å²) in [6.07, 6.45) is 1.28. The molecule has 2 N–H and O–H groups in total. The fourth-order valence-corrected chi connectivity index (χ4v) is 2.79. The summed E-state index contributed by atoms with van der Waals surface area (Å²) in [5.74, 6) is -0.927. The highest BCUT2D eigenvalue weighted by molar-refractivity contribution is 9.10. The van der Waals surface area contributed by atoms with Gasteiger partial charge < -0.3 is 10.6 Å². The molecule has 1 atom stereocenters. The number of anilines is 2. The summed E-state index contributed by atoms with van der Waals surface area (Å²) in [5, 5.41) is 5.47. The first-order chi connectivity index (χ1) is 8.76. The summed E-state index contributed by atoms with van der Waals surface area (Å²) in [7, 11) is -3.13. The van der Waals surface area contributed by atoms with E-state index in [1.54, 1.807) is 0 Å². The van der Waals surface area contributed by atoms with Gasteiger partial charge in [0.2, 0.25) is 5.91 Å². The zero-order valence-electron chi connectivity index (χ0n) is 10.0. The molecule has 0 radical (unpaired) electrons. The Labute approximate surface area is 118 Å². The van der Waals surface area contributed by atoms with Crippen LogP contribution < -0.4 is 10.6 Å². The number of nitrogens with one attached hydrogen (secondary N) is 2. The van der Waals surface area contributed by atoms with E-state index in [1.807, 2.05) is 0 Å². The number of fused-ring (bicyclic) bond motifs is 1. The van der Waals surface area contributed by atoms with Crippen LogP contribution in [0.25, 0.3) is 0 Å². The monoisotopic (exact) mass is 350 g/mol. The lowest BCUT2D eigenvalue weighted by Gasteiger charge is -2.27. The third-order valence-corrected chi connectivity index (χ3v) is 4.33. The van der Waals surface area contributed by atoms with Crippen LogP contribution >= 0.6 is 15.9 Å². The molecule has 0 aromatic heterocycles. The van der Waals surface area contributed by atoms with E-state index in [4.69, 9.17) is 0 Å². The van der Waals surface area contributed by atoms with Crippen LogP contribution in [0.2, 0.25) is 0 Å². The number of sulfone groups is 1. The maximum atomic E-state index is 13.3. The molecule has 5 nitrogen and oxygen atoms in total. The molecular formula is C11H12BrFN2O3S. The van der Waals surface area contributed by atoms with E-state index >= 15 is 0 Å². The average molecular weight is 351 g/mol. The van der Waals surface area contributed by atoms with Crippen LogP contribution in [0.4, 0.5) is 15.8 Å². The Kier molecular flexibility index (Phi) is 3.82. The molecule has 1 unspecified atom stereocenters. The lowest BCUT2D eigenvalue weighted by molar-refractivity contribution is -0.117. The molecule has 0 aliphatic carbocycles. The van der Waals surface area contributed by atoms with Crippen molar-refractivity contribution in [3.8, 4) is 0 Å². The summed E-state index contributed by atoms with van der Waals surface area (Å²) in [4.78, 5) is 11.8. The Morgan fingerprint density at radius 2 is 2.05 bits per heavy atom. The van der Waals surface area contributed by atoms with Gasteiger partial charge in [-0.25, -0.2) is 12.8 Å². The predicted octanol–water partition coefficient (Wildman–Crippen LogP) is 1.76. The highest BCUT2D eigenvalue weighted by Gasteiger charge is 2.27. The van der Waals surface area contributed by atoms with E-state index < -0.39 is 21.7 Å². The Hall–Kier alpha value is -1.15. The molecule has 1 aromatic rings. The second-order valence-electron chi connectivity index (χ2n) is 4.42. The van der Waals surface area contributed by atoms with Crippen molar-refractivity contribution in [1.29, 1.82) is 0 Å². The SMILES string of the molecule is CS(=O)(=O)CCC1Nc2cc(Br)c(F)cc2NC1=O. The number of carbonyl (C=O) groups is 1. The highest BCUT2D eigenvalue weighted by atomic mass is 79.9. The van der Waals surface area contributed by atoms with Gasteiger partial charge in [0, 0.05) is 12.3 Å². The first-order valence-electron chi connectivity index (χ1n) is 5.50. The van der Waals surface area contributed by atoms with E-state index in [0.717, 1.165) is 6.26 Å². The van der Waals surface area contributed by atoms with Gasteiger partial charge >= 0.3 is 0 Å². The van der Waals surface area contributed by atoms with E-state index in [-0.39, 0.29) is 22.6 Å². The van der Waals surface area contributed by atoms with Crippen LogP contribution in [-0.2, 0) is 14.6 Å². The van der Waals surface area contributed by atoms with Crippen molar-refractivity contribution >= 4 is 43.0 Å². The van der Waals surface area contributed by atoms with Gasteiger partial charge in [0.1, 0.15) is 21.7 Å². The van der Waals surface area contributed by atoms with E-state index in [9.17, 15) is 17.6 Å². The first-order valence-corrected chi connectivity index (χ1v) is 8.36. The molecule has 0 fully saturated rings. The van der Waals surface area contributed by atoms with Crippen molar-refractivity contribution in [3.05, 3.63) is 22.4 Å². The molecule has 19 heavy (non-hydrogen) atoms. The smallest absolute Gasteiger partial charge is 0.246 e. The van der Waals surface area contributed by atoms with Crippen LogP contribution in [0.1, 0.15) is 6.42 Å². The largest absolute Gasteiger partial charge is 0.372 e. The molecule has 1 aromatic carbocycles. The number of rotatable bonds is 3. The van der Waals surface area contributed by atoms with Gasteiger partial charge in [0.15, 0.2) is 0 Å². The molecule has 1 heterocycles. The summed E-state index contributed by atoms with van der Waals surface area (Å²) in [6.45, 7) is 0. The van der Waals surface area contributed by atoms with Gasteiger partial charge in [0.05, 0.1) is 21.6 Å². The molecular weight excluding hydrogens is 339 g/mol. The molecule has 0 saturated carbocycles. The fraction of sp³-hybridized carbons (Fsp3) is 0.364. The minimum Gasteiger partial charge on any atom is -0.372 e. The summed E-state index contributed by atoms with van der Waals surface area (Å²) in [6, 6.07) is 2.08. The van der Waals surface area contributed by atoms with Crippen LogP contribution in [-0.4, -0.2) is 32.4 Å². The Balaban J connectivity index is 2.19. The van der Waals surface area contributed by atoms with Crippen molar-refractivity contribution in [2.24, 2.45) is 0 Å². The van der Waals surface area contributed by atoms with Crippen LogP contribution in [0, 0.1) is 5.82 Å². The van der Waals surface area contributed by atoms with Crippen LogP contribution in [0.15, 0.2) is 16.6 Å². The minimum atomic E-state index is -3.13. The van der Waals surface area contributed by atoms with Crippen LogP contribution in [0.3, 0.4) is 0 Å². The third kappa shape index (κ3) is 3.44. The molecule has 1 aliphatic rings. The Morgan fingerprint density at radius 3 is 2.68 bits per heavy atom. The molecule has 1 amide bonds. The molecule has 8 heteroatoms. The van der Waals surface area contributed by atoms with Crippen molar-refractivity contribution in [1.82, 2.24) is 0 Å². The van der Waals surface area contributed by atoms with Gasteiger partial charge in [-0.3, -0.25) is 4.79 Å². The van der Waals surface area contributed by atoms with Crippen molar-refractivity contribution in [2.45, 2.75) is 12.5 Å². The van der Waals surface area contributed by atoms with E-state index in [1.165, 1.54) is 12.1 Å². The number of hydrogen-bond donors (Lipinski definition) is 2. The number of halogens is 2. The second-order valence-corrected chi connectivity index (χ2v) is 7.53. The van der Waals surface area contributed by atoms with Crippen molar-refractivity contribution < 1.29 is 17.6 Å². The van der Waals surface area contributed by atoms with Crippen LogP contribution in [0.5, 0.6) is 0 Å². The molecule has 2 rings (SSSR count). The molecule has 104 valence electrons. The van der Waals surface area contributed by atoms with Gasteiger partial charge in [-0.1, -0.05) is 0 Å². The van der Waals surface area contributed by atoms with Crippen molar-refractivity contribution in [2.75, 3.05) is 22.6 Å². The highest BCUT2D eigenvalue weighted by Crippen LogP contribution is 2.32. The Morgan fingerprint density at radius 1 is 1.37 bits per heavy atom. The molecule has 1 aliphatic heterocycles. The summed E-state index contributed by atoms with van der Waals surface area (Å²) in [5.41, 5.74) is 0.910. The van der Waals surface area contributed by atoms with Gasteiger partial charge in [-0.15, -0.1) is 0 Å². The van der Waals surface area contributed by atoms with E-state index in [0.29, 0.717) is 11.4 Å². The average Bonchev–Trinajstić information content (AvgIpc) is 2.28. The van der Waals surface area contributed by atoms with Gasteiger partial charge in [0.25, 0.3) is 0 Å². The zero-order chi connectivity index (χ0) is 14.2. The lowest BCUT2D eigenvalue weighted by atomic mass is 10.1. The summed E-state index contributed by atoms with van der Waals surface area (Å²) < 4.78 is 35.8. The van der Waals surface area contributed by atoms with E-state index in [2.05, 4.69) is 26.6 Å². The molecule has 0 spiro atoms. The topological polar surface area (TPSA) is 75.3 Å². The number of carbonyl (C=O) groups excluding carboxylic acids is 1. The summed E-state index contributed by atoms with van der Waals surface area (Å²) >= 11 is 3.06. The van der Waals surface area contributed by atoms with Crippen molar-refractivity contribution in [3.63, 3.8) is 0 Å². The maximum absolute atomic E-state index is 13.3.